The van der Waals surface area contributed by atoms with E-state index >= 15 is 0 Å². The summed E-state index contributed by atoms with van der Waals surface area (Å²) in [7, 11) is 0. The van der Waals surface area contributed by atoms with Crippen molar-refractivity contribution < 1.29 is 19.5 Å². The van der Waals surface area contributed by atoms with Crippen LogP contribution in [0.1, 0.15) is 12.5 Å². The van der Waals surface area contributed by atoms with Gasteiger partial charge in [-0.3, -0.25) is 14.5 Å². The maximum absolute atomic E-state index is 12.6. The monoisotopic (exact) mass is 330 g/mol. The molecule has 0 aromatic heterocycles. The number of carbonyl (C=O) groups excluding carboxylic acids is 2. The maximum Gasteiger partial charge on any atom is 0.344 e. The number of benzene rings is 1. The second-order valence-corrected chi connectivity index (χ2v) is 6.27. The van der Waals surface area contributed by atoms with Gasteiger partial charge < -0.3 is 10.0 Å². The van der Waals surface area contributed by atoms with Crippen molar-refractivity contribution in [1.82, 2.24) is 9.80 Å². The fourth-order valence-electron chi connectivity index (χ4n) is 2.47. The first-order chi connectivity index (χ1) is 11.0. The van der Waals surface area contributed by atoms with E-state index in [4.69, 9.17) is 5.11 Å². The smallest absolute Gasteiger partial charge is 0.344 e. The summed E-state index contributed by atoms with van der Waals surface area (Å²) in [4.78, 5) is 38.9. The number of hydrogen-bond donors (Lipinski definition) is 1. The van der Waals surface area contributed by atoms with Crippen molar-refractivity contribution in [3.8, 4) is 0 Å². The van der Waals surface area contributed by atoms with Crippen LogP contribution in [-0.4, -0.2) is 39.2 Å². The van der Waals surface area contributed by atoms with E-state index in [9.17, 15) is 14.4 Å². The molecule has 0 atom stereocenters. The summed E-state index contributed by atoms with van der Waals surface area (Å²) in [6, 6.07) is 9.42. The fraction of sp³-hybridized carbons (Fsp3) is 0.188. The van der Waals surface area contributed by atoms with Gasteiger partial charge in [0.15, 0.2) is 0 Å². The number of carbonyl (C=O) groups is 3. The largest absolute Gasteiger partial charge is 0.477 e. The molecule has 0 fully saturated rings. The lowest BCUT2D eigenvalue weighted by Gasteiger charge is -2.20. The molecule has 1 aromatic rings. The van der Waals surface area contributed by atoms with Gasteiger partial charge in [-0.15, -0.1) is 0 Å². The van der Waals surface area contributed by atoms with Crippen LogP contribution in [0, 0.1) is 0 Å². The lowest BCUT2D eigenvalue weighted by Crippen LogP contribution is -2.36. The predicted molar refractivity (Wildman–Crippen MR) is 84.7 cm³/mol. The van der Waals surface area contributed by atoms with Gasteiger partial charge in [0, 0.05) is 18.3 Å². The summed E-state index contributed by atoms with van der Waals surface area (Å²) in [5.74, 6) is -1.68. The Morgan fingerprint density at radius 1 is 1.26 bits per heavy atom. The zero-order chi connectivity index (χ0) is 16.6. The topological polar surface area (TPSA) is 77.9 Å². The van der Waals surface area contributed by atoms with Crippen molar-refractivity contribution in [2.75, 3.05) is 6.54 Å². The minimum absolute atomic E-state index is 0.0389. The Kier molecular flexibility index (Phi) is 3.96. The van der Waals surface area contributed by atoms with Gasteiger partial charge in [0.1, 0.15) is 11.4 Å². The lowest BCUT2D eigenvalue weighted by atomic mass is 10.2. The van der Waals surface area contributed by atoms with E-state index < -0.39 is 5.97 Å². The van der Waals surface area contributed by atoms with Crippen molar-refractivity contribution in [3.05, 3.63) is 57.6 Å². The molecular weight excluding hydrogens is 316 g/mol. The number of nitrogens with zero attached hydrogens (tertiary/aromatic N) is 2. The van der Waals surface area contributed by atoms with Crippen LogP contribution in [0.25, 0.3) is 0 Å². The molecule has 2 aliphatic heterocycles. The Morgan fingerprint density at radius 2 is 1.96 bits per heavy atom. The minimum atomic E-state index is -1.11. The Labute approximate surface area is 137 Å². The van der Waals surface area contributed by atoms with E-state index in [2.05, 4.69) is 0 Å². The maximum atomic E-state index is 12.6. The Morgan fingerprint density at radius 3 is 2.61 bits per heavy atom. The molecule has 2 aliphatic rings. The number of aliphatic carboxylic acids is 1. The third-order valence-electron chi connectivity index (χ3n) is 3.62. The molecule has 0 aliphatic carbocycles. The molecule has 6 nitrogen and oxygen atoms in total. The van der Waals surface area contributed by atoms with Crippen LogP contribution in [0.5, 0.6) is 0 Å². The van der Waals surface area contributed by atoms with Gasteiger partial charge >= 0.3 is 5.97 Å². The van der Waals surface area contributed by atoms with E-state index in [1.54, 1.807) is 6.92 Å². The molecule has 0 unspecified atom stereocenters. The van der Waals surface area contributed by atoms with Crippen LogP contribution in [0.4, 0.5) is 0 Å². The fourth-order valence-corrected chi connectivity index (χ4v) is 3.42. The van der Waals surface area contributed by atoms with Crippen molar-refractivity contribution in [3.63, 3.8) is 0 Å². The van der Waals surface area contributed by atoms with Gasteiger partial charge in [-0.25, -0.2) is 4.79 Å². The van der Waals surface area contributed by atoms with Crippen LogP contribution in [0.3, 0.4) is 0 Å². The minimum Gasteiger partial charge on any atom is -0.477 e. The molecule has 118 valence electrons. The molecule has 1 aromatic carbocycles. The number of hydrogen-bond acceptors (Lipinski definition) is 4. The Hall–Kier alpha value is -2.54. The Balaban J connectivity index is 1.90. The van der Waals surface area contributed by atoms with Crippen LogP contribution in [0.15, 0.2) is 52.0 Å². The molecule has 1 N–H and O–H groups in total. The second kappa shape index (κ2) is 5.92. The first-order valence-corrected chi connectivity index (χ1v) is 7.78. The third-order valence-corrected chi connectivity index (χ3v) is 4.82. The second-order valence-electron chi connectivity index (χ2n) is 5.24. The van der Waals surface area contributed by atoms with Gasteiger partial charge in [0.25, 0.3) is 11.8 Å². The van der Waals surface area contributed by atoms with E-state index in [0.29, 0.717) is 17.1 Å². The predicted octanol–water partition coefficient (Wildman–Crippen LogP) is 1.76. The highest BCUT2D eigenvalue weighted by Crippen LogP contribution is 2.40. The van der Waals surface area contributed by atoms with E-state index in [1.807, 2.05) is 30.3 Å². The first-order valence-electron chi connectivity index (χ1n) is 6.96. The van der Waals surface area contributed by atoms with Gasteiger partial charge in [-0.2, -0.15) is 0 Å². The molecule has 0 saturated carbocycles. The van der Waals surface area contributed by atoms with Gasteiger partial charge in [-0.1, -0.05) is 42.1 Å². The molecular formula is C16H14N2O4S. The normalized spacial score (nSPS) is 18.0. The third kappa shape index (κ3) is 2.87. The number of fused-ring (bicyclic) bond motifs is 1. The zero-order valence-electron chi connectivity index (χ0n) is 12.4. The average Bonchev–Trinajstić information content (AvgIpc) is 2.96. The first kappa shape index (κ1) is 15.4. The van der Waals surface area contributed by atoms with Gasteiger partial charge in [0.2, 0.25) is 0 Å². The van der Waals surface area contributed by atoms with Crippen molar-refractivity contribution in [2.24, 2.45) is 0 Å². The number of carboxylic acid groups (broad SMARTS) is 1. The van der Waals surface area contributed by atoms with E-state index in [-0.39, 0.29) is 23.3 Å². The van der Waals surface area contributed by atoms with Crippen LogP contribution in [-0.2, 0) is 20.9 Å². The molecule has 2 amide bonds. The summed E-state index contributed by atoms with van der Waals surface area (Å²) in [6.45, 7) is 1.87. The molecule has 0 saturated heterocycles. The van der Waals surface area contributed by atoms with Gasteiger partial charge in [-0.05, 0) is 12.5 Å². The highest BCUT2D eigenvalue weighted by molar-refractivity contribution is 8.07. The van der Waals surface area contributed by atoms with Crippen LogP contribution < -0.4 is 0 Å². The van der Waals surface area contributed by atoms with Gasteiger partial charge in [0.05, 0.1) is 5.03 Å². The van der Waals surface area contributed by atoms with Crippen LogP contribution in [0.2, 0.25) is 0 Å². The summed E-state index contributed by atoms with van der Waals surface area (Å²) < 4.78 is 0. The molecule has 2 heterocycles. The summed E-state index contributed by atoms with van der Waals surface area (Å²) in [5.41, 5.74) is 1.31. The SMILES string of the molecule is CC1=C2SC(C(=O)O)=CN2C(=O)CN(Cc2ccccc2)C1=O. The number of amides is 2. The summed E-state index contributed by atoms with van der Waals surface area (Å²) in [5, 5.41) is 9.45. The number of rotatable bonds is 3. The van der Waals surface area contributed by atoms with E-state index in [0.717, 1.165) is 17.3 Å². The Bertz CT molecular complexity index is 755. The van der Waals surface area contributed by atoms with Crippen molar-refractivity contribution in [1.29, 1.82) is 0 Å². The molecule has 0 bridgehead atoms. The lowest BCUT2D eigenvalue weighted by molar-refractivity contribution is -0.135. The standard InChI is InChI=1S/C16H14N2O4S/c1-10-14(20)17(7-11-5-3-2-4-6-11)9-13(19)18-8-12(16(21)22)23-15(10)18/h2-6,8H,7,9H2,1H3,(H,21,22). The highest BCUT2D eigenvalue weighted by Gasteiger charge is 2.36. The molecule has 23 heavy (non-hydrogen) atoms. The number of carboxylic acids is 1. The molecule has 0 radical (unpaired) electrons. The molecule has 3 rings (SSSR count). The van der Waals surface area contributed by atoms with Crippen LogP contribution >= 0.6 is 11.8 Å². The zero-order valence-corrected chi connectivity index (χ0v) is 13.2. The molecule has 0 spiro atoms. The van der Waals surface area contributed by atoms with Crippen molar-refractivity contribution in [2.45, 2.75) is 13.5 Å². The van der Waals surface area contributed by atoms with E-state index in [1.165, 1.54) is 16.0 Å². The highest BCUT2D eigenvalue weighted by atomic mass is 32.2. The van der Waals surface area contributed by atoms with Crippen molar-refractivity contribution >= 4 is 29.5 Å². The number of thioether (sulfide) groups is 1. The molecule has 7 heteroatoms. The quantitative estimate of drug-likeness (QED) is 0.914. The summed E-state index contributed by atoms with van der Waals surface area (Å²) >= 11 is 0.939. The average molecular weight is 330 g/mol. The summed E-state index contributed by atoms with van der Waals surface area (Å²) in [6.07, 6.45) is 1.29.